The smallest absolute Gasteiger partial charge is 0.0237 e. The van der Waals surface area contributed by atoms with Gasteiger partial charge >= 0.3 is 0 Å². The molecule has 0 amide bonds. The molecule has 0 aliphatic heterocycles. The van der Waals surface area contributed by atoms with Crippen LogP contribution in [-0.2, 0) is 13.0 Å². The van der Waals surface area contributed by atoms with Gasteiger partial charge in [0.15, 0.2) is 0 Å². The Morgan fingerprint density at radius 3 is 2.00 bits per heavy atom. The van der Waals surface area contributed by atoms with Crippen LogP contribution in [0.1, 0.15) is 11.1 Å². The Hall–Kier alpha value is -1.34. The summed E-state index contributed by atoms with van der Waals surface area (Å²) in [4.78, 5) is 0. The monoisotopic (exact) mass is 184 g/mol. The molecule has 71 valence electrons. The summed E-state index contributed by atoms with van der Waals surface area (Å²) in [6.07, 6.45) is 9.46. The molecule has 0 bridgehead atoms. The van der Waals surface area contributed by atoms with Gasteiger partial charge in [-0.15, -0.1) is 0 Å². The Balaban J connectivity index is 2.02. The van der Waals surface area contributed by atoms with Crippen LogP contribution in [0.4, 0.5) is 0 Å². The van der Waals surface area contributed by atoms with E-state index in [4.69, 9.17) is 5.73 Å². The molecular formula is C13H14N. The summed E-state index contributed by atoms with van der Waals surface area (Å²) >= 11 is 0. The highest BCUT2D eigenvalue weighted by Gasteiger charge is 2.05. The van der Waals surface area contributed by atoms with Crippen molar-refractivity contribution in [3.8, 4) is 0 Å². The van der Waals surface area contributed by atoms with Crippen molar-refractivity contribution in [2.75, 3.05) is 0 Å². The molecule has 0 spiro atoms. The molecule has 0 heterocycles. The first-order chi connectivity index (χ1) is 6.88. The molecule has 2 N–H and O–H groups in total. The highest BCUT2D eigenvalue weighted by Crippen LogP contribution is 2.18. The first-order valence-corrected chi connectivity index (χ1v) is 4.87. The number of allylic oxidation sites excluding steroid dienone is 4. The van der Waals surface area contributed by atoms with Crippen LogP contribution >= 0.6 is 0 Å². The van der Waals surface area contributed by atoms with E-state index in [1.807, 2.05) is 0 Å². The van der Waals surface area contributed by atoms with Gasteiger partial charge in [0.1, 0.15) is 0 Å². The first kappa shape index (κ1) is 9.22. The van der Waals surface area contributed by atoms with Gasteiger partial charge in [-0.2, -0.15) is 0 Å². The quantitative estimate of drug-likeness (QED) is 0.767. The van der Waals surface area contributed by atoms with E-state index in [0.717, 1.165) is 6.42 Å². The molecule has 1 heteroatoms. The number of benzene rings is 1. The van der Waals surface area contributed by atoms with Crippen molar-refractivity contribution >= 4 is 0 Å². The van der Waals surface area contributed by atoms with Gasteiger partial charge < -0.3 is 5.73 Å². The molecule has 1 nitrogen and oxygen atoms in total. The average molecular weight is 184 g/mol. The van der Waals surface area contributed by atoms with E-state index in [-0.39, 0.29) is 0 Å². The van der Waals surface area contributed by atoms with E-state index >= 15 is 0 Å². The third-order valence-corrected chi connectivity index (χ3v) is 2.40. The van der Waals surface area contributed by atoms with Crippen molar-refractivity contribution in [1.82, 2.24) is 0 Å². The van der Waals surface area contributed by atoms with Gasteiger partial charge in [-0.1, -0.05) is 48.6 Å². The summed E-state index contributed by atoms with van der Waals surface area (Å²) in [5.74, 6) is 1.37. The summed E-state index contributed by atoms with van der Waals surface area (Å²) in [5.41, 5.74) is 8.07. The van der Waals surface area contributed by atoms with Gasteiger partial charge in [0.25, 0.3) is 0 Å². The summed E-state index contributed by atoms with van der Waals surface area (Å²) in [7, 11) is 0. The van der Waals surface area contributed by atoms with Crippen LogP contribution in [0.15, 0.2) is 48.6 Å². The fraction of sp³-hybridized carbons (Fsp3) is 0.154. The molecular weight excluding hydrogens is 170 g/mol. The van der Waals surface area contributed by atoms with Gasteiger partial charge in [-0.3, -0.25) is 0 Å². The molecule has 1 aromatic carbocycles. The molecule has 1 radical (unpaired) electrons. The molecule has 14 heavy (non-hydrogen) atoms. The Labute approximate surface area is 84.9 Å². The average Bonchev–Trinajstić information content (AvgIpc) is 2.72. The summed E-state index contributed by atoms with van der Waals surface area (Å²) in [5, 5.41) is 0. The lowest BCUT2D eigenvalue weighted by Crippen LogP contribution is -1.97. The lowest BCUT2D eigenvalue weighted by molar-refractivity contribution is 1.05. The molecule has 2 rings (SSSR count). The van der Waals surface area contributed by atoms with Crippen LogP contribution in [0.25, 0.3) is 0 Å². The Kier molecular flexibility index (Phi) is 2.80. The predicted octanol–water partition coefficient (Wildman–Crippen LogP) is 2.39. The van der Waals surface area contributed by atoms with Crippen LogP contribution < -0.4 is 5.73 Å². The largest absolute Gasteiger partial charge is 0.326 e. The van der Waals surface area contributed by atoms with Crippen molar-refractivity contribution in [2.24, 2.45) is 5.73 Å². The van der Waals surface area contributed by atoms with Crippen LogP contribution in [0, 0.1) is 5.92 Å². The fourth-order valence-corrected chi connectivity index (χ4v) is 1.56. The lowest BCUT2D eigenvalue weighted by atomic mass is 10.00. The SMILES string of the molecule is NCc1ccc(C[C]2C=CC=C2)cc1. The lowest BCUT2D eigenvalue weighted by Gasteiger charge is -2.05. The second-order valence-corrected chi connectivity index (χ2v) is 3.49. The van der Waals surface area contributed by atoms with E-state index in [1.165, 1.54) is 17.0 Å². The third kappa shape index (κ3) is 2.12. The van der Waals surface area contributed by atoms with Crippen LogP contribution in [0.2, 0.25) is 0 Å². The maximum atomic E-state index is 5.54. The molecule has 0 saturated heterocycles. The second kappa shape index (κ2) is 4.25. The topological polar surface area (TPSA) is 26.0 Å². The summed E-state index contributed by atoms with van der Waals surface area (Å²) in [6.45, 7) is 0.622. The van der Waals surface area contributed by atoms with Crippen molar-refractivity contribution < 1.29 is 0 Å². The van der Waals surface area contributed by atoms with E-state index in [9.17, 15) is 0 Å². The minimum absolute atomic E-state index is 0.622. The van der Waals surface area contributed by atoms with Gasteiger partial charge in [0, 0.05) is 12.5 Å². The fourth-order valence-electron chi connectivity index (χ4n) is 1.56. The number of hydrogen-bond donors (Lipinski definition) is 1. The van der Waals surface area contributed by atoms with Gasteiger partial charge in [-0.05, 0) is 17.5 Å². The Morgan fingerprint density at radius 2 is 1.43 bits per heavy atom. The van der Waals surface area contributed by atoms with Gasteiger partial charge in [-0.25, -0.2) is 0 Å². The highest BCUT2D eigenvalue weighted by atomic mass is 14.5. The molecule has 1 aliphatic rings. The van der Waals surface area contributed by atoms with Crippen molar-refractivity contribution in [3.05, 3.63) is 65.6 Å². The molecule has 1 aromatic rings. The van der Waals surface area contributed by atoms with Crippen LogP contribution in [0.5, 0.6) is 0 Å². The van der Waals surface area contributed by atoms with Crippen molar-refractivity contribution in [3.63, 3.8) is 0 Å². The molecule has 0 aromatic heterocycles. The Bertz CT molecular complexity index is 334. The van der Waals surface area contributed by atoms with E-state index in [2.05, 4.69) is 48.6 Å². The third-order valence-electron chi connectivity index (χ3n) is 2.40. The zero-order chi connectivity index (χ0) is 9.80. The molecule has 0 saturated carbocycles. The standard InChI is InChI=1S/C13H14N/c14-10-13-7-5-12(6-8-13)9-11-3-1-2-4-11/h1-8H,9-10,14H2. The van der Waals surface area contributed by atoms with Crippen LogP contribution in [0.3, 0.4) is 0 Å². The summed E-state index contributed by atoms with van der Waals surface area (Å²) < 4.78 is 0. The maximum absolute atomic E-state index is 5.54. The van der Waals surface area contributed by atoms with Crippen molar-refractivity contribution in [2.45, 2.75) is 13.0 Å². The highest BCUT2D eigenvalue weighted by molar-refractivity contribution is 5.38. The van der Waals surface area contributed by atoms with E-state index in [1.54, 1.807) is 0 Å². The molecule has 0 fully saturated rings. The Morgan fingerprint density at radius 1 is 0.857 bits per heavy atom. The maximum Gasteiger partial charge on any atom is 0.0237 e. The first-order valence-electron chi connectivity index (χ1n) is 4.87. The normalized spacial score (nSPS) is 15.2. The van der Waals surface area contributed by atoms with Gasteiger partial charge in [0.2, 0.25) is 0 Å². The number of hydrogen-bond acceptors (Lipinski definition) is 1. The second-order valence-electron chi connectivity index (χ2n) is 3.49. The van der Waals surface area contributed by atoms with Gasteiger partial charge in [0.05, 0.1) is 0 Å². The molecule has 1 aliphatic carbocycles. The van der Waals surface area contributed by atoms with Crippen molar-refractivity contribution in [1.29, 1.82) is 0 Å². The number of rotatable bonds is 3. The molecule has 0 atom stereocenters. The van der Waals surface area contributed by atoms with E-state index < -0.39 is 0 Å². The zero-order valence-corrected chi connectivity index (χ0v) is 8.11. The van der Waals surface area contributed by atoms with Crippen LogP contribution in [-0.4, -0.2) is 0 Å². The zero-order valence-electron chi connectivity index (χ0n) is 8.11. The van der Waals surface area contributed by atoms with E-state index in [0.29, 0.717) is 6.54 Å². The predicted molar refractivity (Wildman–Crippen MR) is 59.6 cm³/mol. The minimum Gasteiger partial charge on any atom is -0.326 e. The number of nitrogens with two attached hydrogens (primary N) is 1. The summed E-state index contributed by atoms with van der Waals surface area (Å²) in [6, 6.07) is 8.49. The minimum atomic E-state index is 0.622. The molecule has 0 unspecified atom stereocenters.